The van der Waals surface area contributed by atoms with Crippen LogP contribution in [0.5, 0.6) is 5.75 Å². The van der Waals surface area contributed by atoms with Crippen molar-refractivity contribution in [3.05, 3.63) is 28.8 Å². The third-order valence-corrected chi connectivity index (χ3v) is 3.09. The van der Waals surface area contributed by atoms with Gasteiger partial charge in [-0.2, -0.15) is 0 Å². The Morgan fingerprint density at radius 3 is 2.75 bits per heavy atom. The van der Waals surface area contributed by atoms with Crippen LogP contribution in [0.2, 0.25) is 5.02 Å². The summed E-state index contributed by atoms with van der Waals surface area (Å²) in [7, 11) is 0. The minimum Gasteiger partial charge on any atom is -0.479 e. The lowest BCUT2D eigenvalue weighted by Crippen LogP contribution is -2.36. The molecule has 1 aromatic rings. The monoisotopic (exact) mass is 298 g/mol. The maximum absolute atomic E-state index is 11.7. The molecule has 112 valence electrons. The smallest absolute Gasteiger partial charge is 0.260 e. The molecular weight excluding hydrogens is 276 g/mol. The zero-order valence-corrected chi connectivity index (χ0v) is 13.1. The van der Waals surface area contributed by atoms with Gasteiger partial charge in [-0.3, -0.25) is 4.79 Å². The predicted molar refractivity (Wildman–Crippen MR) is 82.2 cm³/mol. The molecule has 0 fully saturated rings. The molecule has 0 aliphatic rings. The maximum Gasteiger partial charge on any atom is 0.260 e. The van der Waals surface area contributed by atoms with Crippen molar-refractivity contribution in [1.82, 2.24) is 10.6 Å². The molecule has 0 aliphatic heterocycles. The SMILES string of the molecule is CCCNC(=O)C(C)Oc1ccc(CNCC)cc1Cl. The summed E-state index contributed by atoms with van der Waals surface area (Å²) >= 11 is 6.18. The summed E-state index contributed by atoms with van der Waals surface area (Å²) in [4.78, 5) is 11.7. The van der Waals surface area contributed by atoms with Crippen molar-refractivity contribution in [3.8, 4) is 5.75 Å². The van der Waals surface area contributed by atoms with E-state index < -0.39 is 6.10 Å². The molecule has 1 aromatic carbocycles. The van der Waals surface area contributed by atoms with Crippen molar-refractivity contribution in [3.63, 3.8) is 0 Å². The molecule has 0 radical (unpaired) electrons. The van der Waals surface area contributed by atoms with Crippen molar-refractivity contribution in [2.75, 3.05) is 13.1 Å². The van der Waals surface area contributed by atoms with Gasteiger partial charge in [0.05, 0.1) is 5.02 Å². The minimum atomic E-state index is -0.557. The molecule has 0 saturated heterocycles. The van der Waals surface area contributed by atoms with Crippen LogP contribution < -0.4 is 15.4 Å². The van der Waals surface area contributed by atoms with Crippen LogP contribution in [-0.2, 0) is 11.3 Å². The van der Waals surface area contributed by atoms with Crippen LogP contribution in [-0.4, -0.2) is 25.1 Å². The van der Waals surface area contributed by atoms with Gasteiger partial charge in [0.25, 0.3) is 5.91 Å². The Balaban J connectivity index is 2.61. The maximum atomic E-state index is 11.7. The van der Waals surface area contributed by atoms with E-state index >= 15 is 0 Å². The van der Waals surface area contributed by atoms with E-state index in [-0.39, 0.29) is 5.91 Å². The van der Waals surface area contributed by atoms with E-state index in [1.54, 1.807) is 13.0 Å². The number of nitrogens with one attached hydrogen (secondary N) is 2. The molecule has 0 heterocycles. The summed E-state index contributed by atoms with van der Waals surface area (Å²) in [5.74, 6) is 0.408. The molecule has 20 heavy (non-hydrogen) atoms. The summed E-state index contributed by atoms with van der Waals surface area (Å²) in [6, 6.07) is 5.61. The molecule has 2 N–H and O–H groups in total. The van der Waals surface area contributed by atoms with Gasteiger partial charge >= 0.3 is 0 Å². The Kier molecular flexibility index (Phi) is 7.41. The van der Waals surface area contributed by atoms with Crippen molar-refractivity contribution in [2.24, 2.45) is 0 Å². The molecule has 1 atom stereocenters. The number of ether oxygens (including phenoxy) is 1. The van der Waals surface area contributed by atoms with Gasteiger partial charge in [-0.15, -0.1) is 0 Å². The van der Waals surface area contributed by atoms with Gasteiger partial charge < -0.3 is 15.4 Å². The van der Waals surface area contributed by atoms with Gasteiger partial charge in [0.15, 0.2) is 6.10 Å². The molecule has 0 saturated carbocycles. The number of carbonyl (C=O) groups excluding carboxylic acids is 1. The first-order valence-corrected chi connectivity index (χ1v) is 7.39. The number of hydrogen-bond acceptors (Lipinski definition) is 3. The van der Waals surface area contributed by atoms with Gasteiger partial charge in [-0.05, 0) is 37.6 Å². The highest BCUT2D eigenvalue weighted by atomic mass is 35.5. The predicted octanol–water partition coefficient (Wildman–Crippen LogP) is 2.74. The Labute approximate surface area is 125 Å². The Bertz CT molecular complexity index is 438. The number of halogens is 1. The van der Waals surface area contributed by atoms with Gasteiger partial charge in [-0.25, -0.2) is 0 Å². The summed E-state index contributed by atoms with van der Waals surface area (Å²) < 4.78 is 5.60. The zero-order valence-electron chi connectivity index (χ0n) is 12.3. The summed E-state index contributed by atoms with van der Waals surface area (Å²) in [6.45, 7) is 8.10. The molecule has 0 aliphatic carbocycles. The second-order valence-electron chi connectivity index (χ2n) is 4.60. The fourth-order valence-electron chi connectivity index (χ4n) is 1.66. The summed E-state index contributed by atoms with van der Waals surface area (Å²) in [5.41, 5.74) is 1.09. The van der Waals surface area contributed by atoms with Crippen molar-refractivity contribution >= 4 is 17.5 Å². The van der Waals surface area contributed by atoms with Gasteiger partial charge in [-0.1, -0.05) is 31.5 Å². The van der Waals surface area contributed by atoms with E-state index in [1.165, 1.54) is 0 Å². The Morgan fingerprint density at radius 1 is 1.40 bits per heavy atom. The molecule has 4 nitrogen and oxygen atoms in total. The van der Waals surface area contributed by atoms with Gasteiger partial charge in [0, 0.05) is 13.1 Å². The van der Waals surface area contributed by atoms with Gasteiger partial charge in [0.1, 0.15) is 5.75 Å². The third-order valence-electron chi connectivity index (χ3n) is 2.80. The van der Waals surface area contributed by atoms with Crippen LogP contribution in [0.15, 0.2) is 18.2 Å². The van der Waals surface area contributed by atoms with E-state index in [1.807, 2.05) is 19.1 Å². The lowest BCUT2D eigenvalue weighted by molar-refractivity contribution is -0.127. The largest absolute Gasteiger partial charge is 0.479 e. The fourth-order valence-corrected chi connectivity index (χ4v) is 1.90. The first-order valence-electron chi connectivity index (χ1n) is 7.02. The first kappa shape index (κ1) is 16.8. The minimum absolute atomic E-state index is 0.125. The van der Waals surface area contributed by atoms with E-state index in [9.17, 15) is 4.79 Å². The molecule has 1 rings (SSSR count). The lowest BCUT2D eigenvalue weighted by Gasteiger charge is -2.16. The number of hydrogen-bond donors (Lipinski definition) is 2. The molecule has 1 unspecified atom stereocenters. The summed E-state index contributed by atoms with van der Waals surface area (Å²) in [5, 5.41) is 6.55. The molecular formula is C15H23ClN2O2. The van der Waals surface area contributed by atoms with Crippen molar-refractivity contribution < 1.29 is 9.53 Å². The summed E-state index contributed by atoms with van der Waals surface area (Å²) in [6.07, 6.45) is 0.344. The van der Waals surface area contributed by atoms with Crippen LogP contribution in [0, 0.1) is 0 Å². The molecule has 0 bridgehead atoms. The average Bonchev–Trinajstić information content (AvgIpc) is 2.44. The quantitative estimate of drug-likeness (QED) is 0.776. The van der Waals surface area contributed by atoms with Crippen LogP contribution in [0.4, 0.5) is 0 Å². The lowest BCUT2D eigenvalue weighted by atomic mass is 10.2. The normalized spacial score (nSPS) is 12.0. The molecule has 0 aromatic heterocycles. The number of amides is 1. The fraction of sp³-hybridized carbons (Fsp3) is 0.533. The highest BCUT2D eigenvalue weighted by Gasteiger charge is 2.15. The second-order valence-corrected chi connectivity index (χ2v) is 5.00. The number of carbonyl (C=O) groups is 1. The number of rotatable bonds is 8. The van der Waals surface area contributed by atoms with Crippen LogP contribution >= 0.6 is 11.6 Å². The average molecular weight is 299 g/mol. The Hall–Kier alpha value is -1.26. The topological polar surface area (TPSA) is 50.4 Å². The van der Waals surface area contributed by atoms with Crippen molar-refractivity contribution in [1.29, 1.82) is 0 Å². The highest BCUT2D eigenvalue weighted by Crippen LogP contribution is 2.26. The molecule has 0 spiro atoms. The van der Waals surface area contributed by atoms with E-state index in [0.29, 0.717) is 17.3 Å². The molecule has 1 amide bonds. The van der Waals surface area contributed by atoms with Crippen LogP contribution in [0.25, 0.3) is 0 Å². The van der Waals surface area contributed by atoms with Crippen LogP contribution in [0.3, 0.4) is 0 Å². The van der Waals surface area contributed by atoms with E-state index in [0.717, 1.165) is 25.1 Å². The Morgan fingerprint density at radius 2 is 2.15 bits per heavy atom. The second kappa shape index (κ2) is 8.82. The number of benzene rings is 1. The van der Waals surface area contributed by atoms with Crippen LogP contribution in [0.1, 0.15) is 32.8 Å². The van der Waals surface area contributed by atoms with Crippen molar-refractivity contribution in [2.45, 2.75) is 39.8 Å². The molecule has 5 heteroatoms. The third kappa shape index (κ3) is 5.39. The zero-order chi connectivity index (χ0) is 15.0. The van der Waals surface area contributed by atoms with E-state index in [4.69, 9.17) is 16.3 Å². The standard InChI is InChI=1S/C15H23ClN2O2/c1-4-8-18-15(19)11(3)20-14-7-6-12(9-13(14)16)10-17-5-2/h6-7,9,11,17H,4-5,8,10H2,1-3H3,(H,18,19). The highest BCUT2D eigenvalue weighted by molar-refractivity contribution is 6.32. The first-order chi connectivity index (χ1) is 9.58. The van der Waals surface area contributed by atoms with Gasteiger partial charge in [0.2, 0.25) is 0 Å². The van der Waals surface area contributed by atoms with E-state index in [2.05, 4.69) is 17.6 Å².